The lowest BCUT2D eigenvalue weighted by Crippen LogP contribution is -2.17. The first-order chi connectivity index (χ1) is 14.2. The molecular formula is C27H23OP. The van der Waals surface area contributed by atoms with Crippen molar-refractivity contribution in [3.63, 3.8) is 0 Å². The molecule has 2 heteroatoms. The first-order valence-corrected chi connectivity index (χ1v) is 11.6. The van der Waals surface area contributed by atoms with Crippen LogP contribution in [0.1, 0.15) is 11.1 Å². The Morgan fingerprint density at radius 3 is 1.72 bits per heavy atom. The summed E-state index contributed by atoms with van der Waals surface area (Å²) in [5, 5.41) is 1.77. The zero-order chi connectivity index (χ0) is 20.1. The van der Waals surface area contributed by atoms with Crippen molar-refractivity contribution in [2.45, 2.75) is 6.16 Å². The fourth-order valence-corrected chi connectivity index (χ4v) is 6.38. The zero-order valence-electron chi connectivity index (χ0n) is 16.2. The van der Waals surface area contributed by atoms with Crippen LogP contribution >= 0.6 is 7.14 Å². The third-order valence-electron chi connectivity index (χ3n) is 5.19. The first kappa shape index (κ1) is 19.2. The molecule has 0 aromatic heterocycles. The Morgan fingerprint density at radius 1 is 0.690 bits per heavy atom. The monoisotopic (exact) mass is 394 g/mol. The Labute approximate surface area is 172 Å². The van der Waals surface area contributed by atoms with Crippen molar-refractivity contribution >= 4 is 23.8 Å². The van der Waals surface area contributed by atoms with Crippen LogP contribution in [0.2, 0.25) is 0 Å². The van der Waals surface area contributed by atoms with Crippen molar-refractivity contribution in [2.75, 3.05) is 0 Å². The lowest BCUT2D eigenvalue weighted by atomic mass is 9.98. The summed E-state index contributed by atoms with van der Waals surface area (Å²) in [6, 6.07) is 36.3. The SMILES string of the molecule is C=Cc1ccc(CP(=O)(c2ccccc2)c2ccccc2)c(-c2ccccc2)c1. The van der Waals surface area contributed by atoms with Crippen LogP contribution in [0.4, 0.5) is 0 Å². The van der Waals surface area contributed by atoms with E-state index in [1.807, 2.05) is 84.9 Å². The van der Waals surface area contributed by atoms with E-state index >= 15 is 0 Å². The average molecular weight is 394 g/mol. The Hall–Kier alpha value is -3.15. The largest absolute Gasteiger partial charge is 0.313 e. The molecule has 0 spiro atoms. The number of hydrogen-bond acceptors (Lipinski definition) is 1. The molecule has 0 aliphatic rings. The third kappa shape index (κ3) is 4.01. The molecule has 0 N–H and O–H groups in total. The van der Waals surface area contributed by atoms with Crippen molar-refractivity contribution in [1.82, 2.24) is 0 Å². The summed E-state index contributed by atoms with van der Waals surface area (Å²) in [5.74, 6) is 0. The minimum Gasteiger partial charge on any atom is -0.313 e. The van der Waals surface area contributed by atoms with Gasteiger partial charge in [0, 0.05) is 16.8 Å². The summed E-state index contributed by atoms with van der Waals surface area (Å²) in [7, 11) is -2.84. The molecule has 0 aliphatic heterocycles. The van der Waals surface area contributed by atoms with E-state index in [4.69, 9.17) is 0 Å². The van der Waals surface area contributed by atoms with E-state index in [0.717, 1.165) is 32.9 Å². The highest BCUT2D eigenvalue weighted by Crippen LogP contribution is 2.48. The summed E-state index contributed by atoms with van der Waals surface area (Å²) in [6.07, 6.45) is 2.33. The van der Waals surface area contributed by atoms with Gasteiger partial charge in [0.25, 0.3) is 0 Å². The van der Waals surface area contributed by atoms with Gasteiger partial charge in [-0.05, 0) is 28.3 Å². The Kier molecular flexibility index (Phi) is 5.60. The second-order valence-electron chi connectivity index (χ2n) is 7.06. The molecule has 0 fully saturated rings. The summed E-state index contributed by atoms with van der Waals surface area (Å²) in [4.78, 5) is 0. The van der Waals surface area contributed by atoms with Gasteiger partial charge in [0.15, 0.2) is 0 Å². The van der Waals surface area contributed by atoms with E-state index in [2.05, 4.69) is 36.9 Å². The molecule has 1 nitrogen and oxygen atoms in total. The second-order valence-corrected chi connectivity index (χ2v) is 9.88. The van der Waals surface area contributed by atoms with E-state index < -0.39 is 7.14 Å². The van der Waals surface area contributed by atoms with Gasteiger partial charge in [0.1, 0.15) is 7.14 Å². The van der Waals surface area contributed by atoms with E-state index in [1.54, 1.807) is 0 Å². The predicted molar refractivity (Wildman–Crippen MR) is 125 cm³/mol. The maximum absolute atomic E-state index is 14.5. The molecule has 0 unspecified atom stereocenters. The zero-order valence-corrected chi connectivity index (χ0v) is 17.1. The van der Waals surface area contributed by atoms with E-state index in [0.29, 0.717) is 6.16 Å². The molecule has 29 heavy (non-hydrogen) atoms. The van der Waals surface area contributed by atoms with Crippen LogP contribution in [-0.2, 0) is 10.7 Å². The van der Waals surface area contributed by atoms with Crippen molar-refractivity contribution in [3.05, 3.63) is 127 Å². The summed E-state index contributed by atoms with van der Waals surface area (Å²) in [6.45, 7) is 3.91. The van der Waals surface area contributed by atoms with Crippen molar-refractivity contribution < 1.29 is 4.57 Å². The Morgan fingerprint density at radius 2 is 1.21 bits per heavy atom. The molecule has 4 rings (SSSR count). The van der Waals surface area contributed by atoms with E-state index in [-0.39, 0.29) is 0 Å². The molecule has 0 atom stereocenters. The van der Waals surface area contributed by atoms with Gasteiger partial charge in [0.2, 0.25) is 0 Å². The molecule has 0 aliphatic carbocycles. The van der Waals surface area contributed by atoms with Crippen molar-refractivity contribution in [2.24, 2.45) is 0 Å². The van der Waals surface area contributed by atoms with Gasteiger partial charge >= 0.3 is 0 Å². The highest BCUT2D eigenvalue weighted by molar-refractivity contribution is 7.78. The molecule has 142 valence electrons. The van der Waals surface area contributed by atoms with Crippen LogP contribution < -0.4 is 10.6 Å². The second kappa shape index (κ2) is 8.47. The average Bonchev–Trinajstić information content (AvgIpc) is 2.81. The van der Waals surface area contributed by atoms with Gasteiger partial charge < -0.3 is 4.57 Å². The molecule has 4 aromatic carbocycles. The first-order valence-electron chi connectivity index (χ1n) is 9.72. The van der Waals surface area contributed by atoms with E-state index in [1.165, 1.54) is 0 Å². The maximum atomic E-state index is 14.5. The molecule has 0 amide bonds. The van der Waals surface area contributed by atoms with Gasteiger partial charge in [-0.15, -0.1) is 0 Å². The predicted octanol–water partition coefficient (Wildman–Crippen LogP) is 6.51. The maximum Gasteiger partial charge on any atom is 0.147 e. The van der Waals surface area contributed by atoms with Crippen molar-refractivity contribution in [1.29, 1.82) is 0 Å². The van der Waals surface area contributed by atoms with Crippen molar-refractivity contribution in [3.8, 4) is 11.1 Å². The minimum absolute atomic E-state index is 0.475. The highest BCUT2D eigenvalue weighted by Gasteiger charge is 2.28. The van der Waals surface area contributed by atoms with Crippen LogP contribution in [0.5, 0.6) is 0 Å². The fraction of sp³-hybridized carbons (Fsp3) is 0.0370. The third-order valence-corrected chi connectivity index (χ3v) is 8.24. The molecule has 0 radical (unpaired) electrons. The molecule has 0 bridgehead atoms. The standard InChI is InChI=1S/C27H23OP/c1-2-22-18-19-24(27(20-22)23-12-6-3-7-13-23)21-29(28,25-14-8-4-9-15-25)26-16-10-5-11-17-26/h2-20H,1,21H2. The topological polar surface area (TPSA) is 17.1 Å². The normalized spacial score (nSPS) is 11.2. The molecule has 0 heterocycles. The van der Waals surface area contributed by atoms with Gasteiger partial charge in [0.05, 0.1) is 0 Å². The van der Waals surface area contributed by atoms with Crippen LogP contribution in [-0.4, -0.2) is 0 Å². The van der Waals surface area contributed by atoms with Crippen LogP contribution in [0.15, 0.2) is 116 Å². The van der Waals surface area contributed by atoms with Crippen LogP contribution in [0.3, 0.4) is 0 Å². The quantitative estimate of drug-likeness (QED) is 0.341. The molecule has 0 saturated carbocycles. The van der Waals surface area contributed by atoms with Gasteiger partial charge in [-0.2, -0.15) is 0 Å². The Balaban J connectivity index is 1.88. The summed E-state index contributed by atoms with van der Waals surface area (Å²) < 4.78 is 14.5. The Bertz CT molecular complexity index is 1110. The minimum atomic E-state index is -2.84. The lowest BCUT2D eigenvalue weighted by molar-refractivity contribution is 0.586. The molecule has 0 saturated heterocycles. The van der Waals surface area contributed by atoms with Gasteiger partial charge in [-0.1, -0.05) is 116 Å². The smallest absolute Gasteiger partial charge is 0.147 e. The van der Waals surface area contributed by atoms with Crippen LogP contribution in [0.25, 0.3) is 17.2 Å². The van der Waals surface area contributed by atoms with Gasteiger partial charge in [-0.3, -0.25) is 0 Å². The highest BCUT2D eigenvalue weighted by atomic mass is 31.2. The molecule has 4 aromatic rings. The van der Waals surface area contributed by atoms with Crippen LogP contribution in [0, 0.1) is 0 Å². The van der Waals surface area contributed by atoms with E-state index in [9.17, 15) is 4.57 Å². The fourth-order valence-electron chi connectivity index (χ4n) is 3.65. The number of benzene rings is 4. The summed E-state index contributed by atoms with van der Waals surface area (Å²) >= 11 is 0. The summed E-state index contributed by atoms with van der Waals surface area (Å²) in [5.41, 5.74) is 4.37. The number of hydrogen-bond donors (Lipinski definition) is 0. The molecular weight excluding hydrogens is 371 g/mol. The lowest BCUT2D eigenvalue weighted by Gasteiger charge is -2.21. The van der Waals surface area contributed by atoms with Gasteiger partial charge in [-0.25, -0.2) is 0 Å². The number of rotatable bonds is 6.